The molecule has 0 bridgehead atoms. The molecule has 1 fully saturated rings. The van der Waals surface area contributed by atoms with Gasteiger partial charge in [0.15, 0.2) is 0 Å². The van der Waals surface area contributed by atoms with Gasteiger partial charge in [0, 0.05) is 30.4 Å². The van der Waals surface area contributed by atoms with Gasteiger partial charge in [-0.15, -0.1) is 0 Å². The minimum absolute atomic E-state index is 0.443. The van der Waals surface area contributed by atoms with Crippen LogP contribution < -0.4 is 10.1 Å². The van der Waals surface area contributed by atoms with Crippen LogP contribution in [0.4, 0.5) is 0 Å². The van der Waals surface area contributed by atoms with Gasteiger partial charge in [0.2, 0.25) is 0 Å². The first kappa shape index (κ1) is 13.1. The van der Waals surface area contributed by atoms with Crippen LogP contribution in [0.5, 0.6) is 5.75 Å². The molecule has 3 rings (SSSR count). The van der Waals surface area contributed by atoms with E-state index in [4.69, 9.17) is 4.74 Å². The van der Waals surface area contributed by atoms with Gasteiger partial charge in [-0.2, -0.15) is 0 Å². The molecule has 0 saturated carbocycles. The fourth-order valence-corrected chi connectivity index (χ4v) is 2.73. The van der Waals surface area contributed by atoms with Crippen LogP contribution in [0.2, 0.25) is 0 Å². The molecule has 1 N–H and O–H groups in total. The van der Waals surface area contributed by atoms with Crippen molar-refractivity contribution in [3.63, 3.8) is 0 Å². The summed E-state index contributed by atoms with van der Waals surface area (Å²) in [5.41, 5.74) is 3.13. The zero-order valence-corrected chi connectivity index (χ0v) is 11.7. The van der Waals surface area contributed by atoms with Crippen LogP contribution in [0, 0.1) is 0 Å². The van der Waals surface area contributed by atoms with Gasteiger partial charge in [0.05, 0.1) is 18.5 Å². The average molecular weight is 269 g/mol. The molecule has 1 saturated heterocycles. The van der Waals surface area contributed by atoms with Crippen LogP contribution >= 0.6 is 0 Å². The summed E-state index contributed by atoms with van der Waals surface area (Å²) in [4.78, 5) is 9.14. The van der Waals surface area contributed by atoms with Gasteiger partial charge in [0.1, 0.15) is 5.75 Å². The number of rotatable bonds is 3. The third-order valence-electron chi connectivity index (χ3n) is 3.75. The molecule has 4 nitrogen and oxygen atoms in total. The quantitative estimate of drug-likeness (QED) is 0.930. The Morgan fingerprint density at radius 3 is 2.95 bits per heavy atom. The number of hydrogen-bond acceptors (Lipinski definition) is 4. The topological polar surface area (TPSA) is 47.0 Å². The lowest BCUT2D eigenvalue weighted by molar-refractivity contribution is 0.415. The second-order valence-corrected chi connectivity index (χ2v) is 5.07. The van der Waals surface area contributed by atoms with E-state index in [0.29, 0.717) is 5.92 Å². The van der Waals surface area contributed by atoms with Crippen molar-refractivity contribution in [3.05, 3.63) is 42.4 Å². The first-order chi connectivity index (χ1) is 9.88. The minimum Gasteiger partial charge on any atom is -0.497 e. The molecule has 104 valence electrons. The molecule has 1 aliphatic heterocycles. The minimum atomic E-state index is 0.443. The highest BCUT2D eigenvalue weighted by atomic mass is 16.5. The summed E-state index contributed by atoms with van der Waals surface area (Å²) < 4.78 is 5.30. The van der Waals surface area contributed by atoms with Gasteiger partial charge in [-0.25, -0.2) is 0 Å². The van der Waals surface area contributed by atoms with Gasteiger partial charge in [0.25, 0.3) is 0 Å². The fourth-order valence-electron chi connectivity index (χ4n) is 2.73. The Labute approximate surface area is 119 Å². The molecule has 1 aromatic carbocycles. The first-order valence-corrected chi connectivity index (χ1v) is 7.04. The number of benzene rings is 1. The van der Waals surface area contributed by atoms with Crippen molar-refractivity contribution >= 4 is 0 Å². The second-order valence-electron chi connectivity index (χ2n) is 5.07. The highest BCUT2D eigenvalue weighted by Crippen LogP contribution is 2.30. The zero-order chi connectivity index (χ0) is 13.8. The van der Waals surface area contributed by atoms with E-state index in [1.54, 1.807) is 19.5 Å². The Morgan fingerprint density at radius 2 is 2.15 bits per heavy atom. The van der Waals surface area contributed by atoms with Crippen molar-refractivity contribution in [2.24, 2.45) is 0 Å². The van der Waals surface area contributed by atoms with Crippen molar-refractivity contribution in [1.82, 2.24) is 15.3 Å². The third kappa shape index (κ3) is 2.65. The van der Waals surface area contributed by atoms with E-state index in [0.717, 1.165) is 35.8 Å². The summed E-state index contributed by atoms with van der Waals surface area (Å²) >= 11 is 0. The van der Waals surface area contributed by atoms with Gasteiger partial charge in [-0.05, 0) is 31.5 Å². The van der Waals surface area contributed by atoms with Crippen molar-refractivity contribution in [2.75, 3.05) is 20.2 Å². The number of nitrogens with one attached hydrogen (secondary N) is 1. The van der Waals surface area contributed by atoms with E-state index in [1.165, 1.54) is 12.8 Å². The molecule has 0 radical (unpaired) electrons. The van der Waals surface area contributed by atoms with Crippen LogP contribution in [-0.2, 0) is 0 Å². The monoisotopic (exact) mass is 269 g/mol. The first-order valence-electron chi connectivity index (χ1n) is 7.04. The van der Waals surface area contributed by atoms with E-state index < -0.39 is 0 Å². The van der Waals surface area contributed by atoms with Crippen LogP contribution in [0.15, 0.2) is 36.7 Å². The summed E-state index contributed by atoms with van der Waals surface area (Å²) in [5.74, 6) is 1.29. The van der Waals surface area contributed by atoms with E-state index >= 15 is 0 Å². The van der Waals surface area contributed by atoms with E-state index in [9.17, 15) is 0 Å². The Hall–Kier alpha value is -1.94. The Morgan fingerprint density at radius 1 is 1.25 bits per heavy atom. The molecule has 1 atom stereocenters. The van der Waals surface area contributed by atoms with Crippen LogP contribution in [0.3, 0.4) is 0 Å². The molecule has 0 spiro atoms. The molecule has 2 heterocycles. The molecule has 0 amide bonds. The normalized spacial score (nSPS) is 18.8. The Bertz CT molecular complexity index is 579. The average Bonchev–Trinajstić information content (AvgIpc) is 2.56. The van der Waals surface area contributed by atoms with Crippen molar-refractivity contribution in [2.45, 2.75) is 18.8 Å². The molecule has 20 heavy (non-hydrogen) atoms. The summed E-state index contributed by atoms with van der Waals surface area (Å²) in [6.07, 6.45) is 5.91. The molecular formula is C16H19N3O. The maximum atomic E-state index is 5.30. The number of piperidine rings is 1. The number of nitrogens with zero attached hydrogens (tertiary/aromatic N) is 2. The van der Waals surface area contributed by atoms with Gasteiger partial charge in [-0.3, -0.25) is 9.97 Å². The van der Waals surface area contributed by atoms with Crippen LogP contribution in [-0.4, -0.2) is 30.2 Å². The molecular weight excluding hydrogens is 250 g/mol. The number of hydrogen-bond donors (Lipinski definition) is 1. The van der Waals surface area contributed by atoms with Gasteiger partial charge >= 0.3 is 0 Å². The predicted molar refractivity (Wildman–Crippen MR) is 78.9 cm³/mol. The molecule has 4 heteroatoms. The third-order valence-corrected chi connectivity index (χ3v) is 3.75. The molecule has 2 aromatic rings. The van der Waals surface area contributed by atoms with Crippen molar-refractivity contribution in [3.8, 4) is 17.0 Å². The largest absolute Gasteiger partial charge is 0.497 e. The molecule has 0 aliphatic carbocycles. The second kappa shape index (κ2) is 6.01. The SMILES string of the molecule is COc1cccc(-c2nccnc2C2CCCNC2)c1. The lowest BCUT2D eigenvalue weighted by atomic mass is 9.92. The van der Waals surface area contributed by atoms with Gasteiger partial charge < -0.3 is 10.1 Å². The maximum absolute atomic E-state index is 5.30. The molecule has 1 aromatic heterocycles. The van der Waals surface area contributed by atoms with E-state index in [1.807, 2.05) is 18.2 Å². The highest BCUT2D eigenvalue weighted by molar-refractivity contribution is 5.64. The Balaban J connectivity index is 1.99. The number of ether oxygens (including phenoxy) is 1. The standard InChI is InChI=1S/C16H19N3O/c1-20-14-6-2-4-12(10-14)15-16(19-9-8-18-15)13-5-3-7-17-11-13/h2,4,6,8-10,13,17H,3,5,7,11H2,1H3. The van der Waals surface area contributed by atoms with Crippen LogP contribution in [0.25, 0.3) is 11.3 Å². The Kier molecular flexibility index (Phi) is 3.92. The molecule has 1 aliphatic rings. The van der Waals surface area contributed by atoms with Gasteiger partial charge in [-0.1, -0.05) is 12.1 Å². The van der Waals surface area contributed by atoms with E-state index in [-0.39, 0.29) is 0 Å². The zero-order valence-electron chi connectivity index (χ0n) is 11.7. The smallest absolute Gasteiger partial charge is 0.119 e. The predicted octanol–water partition coefficient (Wildman–Crippen LogP) is 2.62. The summed E-state index contributed by atoms with van der Waals surface area (Å²) in [5, 5.41) is 3.44. The molecule has 1 unspecified atom stereocenters. The number of methoxy groups -OCH3 is 1. The van der Waals surface area contributed by atoms with E-state index in [2.05, 4.69) is 21.4 Å². The maximum Gasteiger partial charge on any atom is 0.119 e. The summed E-state index contributed by atoms with van der Waals surface area (Å²) in [6, 6.07) is 8.02. The lowest BCUT2D eigenvalue weighted by Gasteiger charge is -2.23. The fraction of sp³-hybridized carbons (Fsp3) is 0.375. The van der Waals surface area contributed by atoms with Crippen LogP contribution in [0.1, 0.15) is 24.5 Å². The van der Waals surface area contributed by atoms with Crippen molar-refractivity contribution < 1.29 is 4.74 Å². The summed E-state index contributed by atoms with van der Waals surface area (Å²) in [6.45, 7) is 2.08. The summed E-state index contributed by atoms with van der Waals surface area (Å²) in [7, 11) is 1.68. The van der Waals surface area contributed by atoms with Crippen molar-refractivity contribution in [1.29, 1.82) is 0 Å². The lowest BCUT2D eigenvalue weighted by Crippen LogP contribution is -2.29. The number of aromatic nitrogens is 2. The highest BCUT2D eigenvalue weighted by Gasteiger charge is 2.21.